The summed E-state index contributed by atoms with van der Waals surface area (Å²) in [6.07, 6.45) is 13.0. The summed E-state index contributed by atoms with van der Waals surface area (Å²) in [5.74, 6) is 3.33. The fourth-order valence-electron chi connectivity index (χ4n) is 5.53. The van der Waals surface area contributed by atoms with Gasteiger partial charge in [0, 0.05) is 18.3 Å². The maximum atomic E-state index is 11.8. The third-order valence-electron chi connectivity index (χ3n) is 5.93. The van der Waals surface area contributed by atoms with Crippen LogP contribution in [-0.4, -0.2) is 17.8 Å². The van der Waals surface area contributed by atoms with Gasteiger partial charge in [0.15, 0.2) is 0 Å². The number of nitrogens with one attached hydrogen (secondary N) is 1. The number of amides is 1. The second-order valence-corrected chi connectivity index (χ2v) is 8.46. The first-order valence-electron chi connectivity index (χ1n) is 8.52. The molecule has 2 nitrogen and oxygen atoms in total. The molecule has 0 unspecified atom stereocenters. The molecule has 4 aliphatic carbocycles. The van der Waals surface area contributed by atoms with Gasteiger partial charge in [-0.15, -0.1) is 0 Å². The molecule has 0 radical (unpaired) electrons. The number of carbonyl (C=O) groups excluding carboxylic acids is 1. The fraction of sp³-hybridized carbons (Fsp3) is 0.941. The highest BCUT2D eigenvalue weighted by Gasteiger charge is 2.50. The molecule has 0 aromatic carbocycles. The van der Waals surface area contributed by atoms with Crippen molar-refractivity contribution < 1.29 is 4.79 Å². The summed E-state index contributed by atoms with van der Waals surface area (Å²) in [4.78, 5) is 11.8. The van der Waals surface area contributed by atoms with Gasteiger partial charge in [-0.3, -0.25) is 4.79 Å². The molecule has 3 heteroatoms. The van der Waals surface area contributed by atoms with Crippen LogP contribution in [0, 0.1) is 23.2 Å². The van der Waals surface area contributed by atoms with Gasteiger partial charge < -0.3 is 5.32 Å². The Hall–Kier alpha value is -0.0500. The molecule has 4 rings (SSSR count). The quantitative estimate of drug-likeness (QED) is 0.543. The van der Waals surface area contributed by atoms with Crippen LogP contribution in [0.5, 0.6) is 0 Å². The van der Waals surface area contributed by atoms with Crippen LogP contribution in [0.4, 0.5) is 0 Å². The Balaban J connectivity index is 1.41. The Bertz CT molecular complexity index is 320. The van der Waals surface area contributed by atoms with Crippen molar-refractivity contribution in [2.24, 2.45) is 23.2 Å². The van der Waals surface area contributed by atoms with E-state index in [1.807, 2.05) is 0 Å². The SMILES string of the molecule is O=C(CCCCBr)NCCC12CC3CC(CC(C3)C1)C2. The van der Waals surface area contributed by atoms with Gasteiger partial charge in [-0.25, -0.2) is 0 Å². The summed E-state index contributed by atoms with van der Waals surface area (Å²) in [5, 5.41) is 4.17. The highest BCUT2D eigenvalue weighted by atomic mass is 79.9. The minimum atomic E-state index is 0.260. The molecule has 0 aromatic heterocycles. The van der Waals surface area contributed by atoms with Crippen molar-refractivity contribution in [1.82, 2.24) is 5.32 Å². The van der Waals surface area contributed by atoms with E-state index in [1.54, 1.807) is 0 Å². The Morgan fingerprint density at radius 2 is 1.65 bits per heavy atom. The van der Waals surface area contributed by atoms with Crippen molar-refractivity contribution in [3.63, 3.8) is 0 Å². The van der Waals surface area contributed by atoms with Gasteiger partial charge in [0.05, 0.1) is 0 Å². The van der Waals surface area contributed by atoms with Crippen LogP contribution in [-0.2, 0) is 4.79 Å². The van der Waals surface area contributed by atoms with E-state index in [1.165, 1.54) is 44.9 Å². The predicted octanol–water partition coefficient (Wildman–Crippen LogP) is 4.27. The number of halogens is 1. The van der Waals surface area contributed by atoms with Gasteiger partial charge in [0.2, 0.25) is 5.91 Å². The van der Waals surface area contributed by atoms with Gasteiger partial charge in [0.1, 0.15) is 0 Å². The van der Waals surface area contributed by atoms with Crippen molar-refractivity contribution in [2.45, 2.75) is 64.2 Å². The molecule has 4 fully saturated rings. The number of hydrogen-bond donors (Lipinski definition) is 1. The molecule has 4 aliphatic rings. The summed E-state index contributed by atoms with van der Waals surface area (Å²) < 4.78 is 0. The molecular formula is C17H28BrNO. The molecule has 1 N–H and O–H groups in total. The second kappa shape index (κ2) is 6.37. The molecule has 1 amide bonds. The van der Waals surface area contributed by atoms with Gasteiger partial charge in [-0.05, 0) is 81.0 Å². The fourth-order valence-corrected chi connectivity index (χ4v) is 5.93. The molecule has 0 spiro atoms. The lowest BCUT2D eigenvalue weighted by molar-refractivity contribution is -0.121. The number of alkyl halides is 1. The van der Waals surface area contributed by atoms with Crippen molar-refractivity contribution in [3.05, 3.63) is 0 Å². The average Bonchev–Trinajstić information content (AvgIpc) is 2.37. The van der Waals surface area contributed by atoms with Crippen LogP contribution in [0.2, 0.25) is 0 Å². The van der Waals surface area contributed by atoms with Crippen LogP contribution in [0.15, 0.2) is 0 Å². The monoisotopic (exact) mass is 341 g/mol. The Morgan fingerprint density at radius 3 is 2.20 bits per heavy atom. The minimum absolute atomic E-state index is 0.260. The molecule has 0 heterocycles. The lowest BCUT2D eigenvalue weighted by Crippen LogP contribution is -2.47. The molecule has 4 bridgehead atoms. The predicted molar refractivity (Wildman–Crippen MR) is 85.9 cm³/mol. The maximum Gasteiger partial charge on any atom is 0.219 e. The minimum Gasteiger partial charge on any atom is -0.356 e. The molecule has 114 valence electrons. The molecule has 0 aromatic rings. The first-order chi connectivity index (χ1) is 9.69. The first-order valence-corrected chi connectivity index (χ1v) is 9.64. The molecule has 4 saturated carbocycles. The lowest BCUT2D eigenvalue weighted by atomic mass is 9.49. The van der Waals surface area contributed by atoms with Crippen molar-refractivity contribution in [3.8, 4) is 0 Å². The standard InChI is InChI=1S/C17H28BrNO/c18-5-2-1-3-16(20)19-6-4-17-10-13-7-14(11-17)9-15(8-13)12-17/h13-15H,1-12H2,(H,19,20). The zero-order valence-corrected chi connectivity index (χ0v) is 14.1. The summed E-state index contributed by atoms with van der Waals surface area (Å²) in [6, 6.07) is 0. The Morgan fingerprint density at radius 1 is 1.05 bits per heavy atom. The van der Waals surface area contributed by atoms with Crippen LogP contribution in [0.1, 0.15) is 64.2 Å². The average molecular weight is 342 g/mol. The van der Waals surface area contributed by atoms with Crippen molar-refractivity contribution in [1.29, 1.82) is 0 Å². The summed E-state index contributed by atoms with van der Waals surface area (Å²) >= 11 is 3.41. The van der Waals surface area contributed by atoms with E-state index in [0.717, 1.165) is 42.5 Å². The van der Waals surface area contributed by atoms with Crippen molar-refractivity contribution >= 4 is 21.8 Å². The third-order valence-corrected chi connectivity index (χ3v) is 6.49. The van der Waals surface area contributed by atoms with Crippen LogP contribution in [0.25, 0.3) is 0 Å². The molecular weight excluding hydrogens is 314 g/mol. The van der Waals surface area contributed by atoms with E-state index in [4.69, 9.17) is 0 Å². The van der Waals surface area contributed by atoms with Crippen LogP contribution < -0.4 is 5.32 Å². The highest BCUT2D eigenvalue weighted by Crippen LogP contribution is 2.61. The third kappa shape index (κ3) is 3.40. The van der Waals surface area contributed by atoms with Gasteiger partial charge in [-0.2, -0.15) is 0 Å². The summed E-state index contributed by atoms with van der Waals surface area (Å²) in [7, 11) is 0. The molecule has 20 heavy (non-hydrogen) atoms. The van der Waals surface area contributed by atoms with Crippen molar-refractivity contribution in [2.75, 3.05) is 11.9 Å². The molecule has 0 aliphatic heterocycles. The van der Waals surface area contributed by atoms with Gasteiger partial charge >= 0.3 is 0 Å². The largest absolute Gasteiger partial charge is 0.356 e. The normalized spacial score (nSPS) is 38.1. The van der Waals surface area contributed by atoms with E-state index in [9.17, 15) is 4.79 Å². The number of hydrogen-bond acceptors (Lipinski definition) is 1. The highest BCUT2D eigenvalue weighted by molar-refractivity contribution is 9.09. The first kappa shape index (κ1) is 14.9. The molecule has 0 saturated heterocycles. The van der Waals surface area contributed by atoms with E-state index in [-0.39, 0.29) is 5.91 Å². The van der Waals surface area contributed by atoms with E-state index < -0.39 is 0 Å². The number of carbonyl (C=O) groups is 1. The Kier molecular flexibility index (Phi) is 4.74. The maximum absolute atomic E-state index is 11.8. The number of rotatable bonds is 7. The lowest BCUT2D eigenvalue weighted by Gasteiger charge is -2.57. The van der Waals surface area contributed by atoms with Crippen LogP contribution in [0.3, 0.4) is 0 Å². The van der Waals surface area contributed by atoms with E-state index >= 15 is 0 Å². The summed E-state index contributed by atoms with van der Waals surface area (Å²) in [6.45, 7) is 0.916. The summed E-state index contributed by atoms with van der Waals surface area (Å²) in [5.41, 5.74) is 0.609. The van der Waals surface area contributed by atoms with E-state index in [0.29, 0.717) is 11.8 Å². The number of unbranched alkanes of at least 4 members (excludes halogenated alkanes) is 1. The van der Waals surface area contributed by atoms with E-state index in [2.05, 4.69) is 21.2 Å². The second-order valence-electron chi connectivity index (χ2n) is 7.66. The molecule has 0 atom stereocenters. The smallest absolute Gasteiger partial charge is 0.219 e. The Labute approximate surface area is 131 Å². The zero-order valence-electron chi connectivity index (χ0n) is 12.5. The topological polar surface area (TPSA) is 29.1 Å². The van der Waals surface area contributed by atoms with Gasteiger partial charge in [0.25, 0.3) is 0 Å². The van der Waals surface area contributed by atoms with Gasteiger partial charge in [-0.1, -0.05) is 15.9 Å². The van der Waals surface area contributed by atoms with Crippen LogP contribution >= 0.6 is 15.9 Å². The zero-order chi connectivity index (χ0) is 14.0.